The van der Waals surface area contributed by atoms with Crippen molar-refractivity contribution in [1.82, 2.24) is 24.2 Å². The molecule has 0 aliphatic heterocycles. The number of thiophene rings is 1. The molecule has 1 aliphatic rings. The number of halogens is 1. The third-order valence-corrected chi connectivity index (χ3v) is 9.74. The Morgan fingerprint density at radius 1 is 1.34 bits per heavy atom. The molecule has 3 aromatic heterocycles. The molecule has 11 nitrogen and oxygen atoms in total. The van der Waals surface area contributed by atoms with E-state index >= 15 is 0 Å². The number of fused-ring (bicyclic) bond motifs is 1. The van der Waals surface area contributed by atoms with Crippen LogP contribution in [0.1, 0.15) is 63.2 Å². The number of benzene rings is 1. The fourth-order valence-electron chi connectivity index (χ4n) is 5.46. The van der Waals surface area contributed by atoms with Crippen LogP contribution in [-0.4, -0.2) is 44.6 Å². The van der Waals surface area contributed by atoms with Crippen molar-refractivity contribution in [3.63, 3.8) is 0 Å². The number of hydrogen-bond donors (Lipinski definition) is 1. The van der Waals surface area contributed by atoms with E-state index in [9.17, 15) is 18.8 Å². The van der Waals surface area contributed by atoms with Crippen LogP contribution in [0.3, 0.4) is 0 Å². The minimum Gasteiger partial charge on any atom is -0.496 e. The molecule has 0 bridgehead atoms. The van der Waals surface area contributed by atoms with E-state index in [0.29, 0.717) is 26.7 Å². The summed E-state index contributed by atoms with van der Waals surface area (Å²) >= 11 is 1.21. The van der Waals surface area contributed by atoms with Crippen molar-refractivity contribution in [3.8, 4) is 16.8 Å². The molecule has 5 rings (SSSR count). The third kappa shape index (κ3) is 5.55. The zero-order chi connectivity index (χ0) is 31.6. The fraction of sp³-hybridized carbons (Fsp3) is 0.452. The van der Waals surface area contributed by atoms with Gasteiger partial charge in [-0.15, -0.1) is 0 Å². The highest BCUT2D eigenvalue weighted by Gasteiger charge is 2.40. The summed E-state index contributed by atoms with van der Waals surface area (Å²) in [5.74, 6) is -0.594. The lowest BCUT2D eigenvalue weighted by molar-refractivity contribution is -0.131. The Morgan fingerprint density at radius 3 is 2.73 bits per heavy atom. The van der Waals surface area contributed by atoms with Gasteiger partial charge in [0.05, 0.1) is 38.1 Å². The van der Waals surface area contributed by atoms with Crippen LogP contribution in [0.25, 0.3) is 15.2 Å². The van der Waals surface area contributed by atoms with Crippen LogP contribution in [-0.2, 0) is 21.6 Å². The molecule has 0 unspecified atom stereocenters. The Balaban J connectivity index is 1.76. The molecule has 2 atom stereocenters. The summed E-state index contributed by atoms with van der Waals surface area (Å²) in [5, 5.41) is 17.4. The minimum atomic E-state index is -1.49. The average molecular weight is 623 g/mol. The number of aromatic nitrogens is 4. The molecule has 4 aromatic rings. The van der Waals surface area contributed by atoms with Gasteiger partial charge in [-0.3, -0.25) is 14.2 Å². The number of ether oxygens (including phenoxy) is 2. The van der Waals surface area contributed by atoms with Gasteiger partial charge in [-0.05, 0) is 63.8 Å². The number of carbonyl (C=O) groups excluding carboxylic acids is 1. The number of nitrogens with zero attached hydrogens (tertiary/aromatic N) is 5. The van der Waals surface area contributed by atoms with Crippen molar-refractivity contribution in [1.29, 1.82) is 5.26 Å². The maximum absolute atomic E-state index is 14.5. The van der Waals surface area contributed by atoms with Crippen molar-refractivity contribution >= 4 is 27.5 Å². The summed E-state index contributed by atoms with van der Waals surface area (Å²) in [6, 6.07) is 7.78. The number of hydrogen-bond acceptors (Lipinski definition) is 8. The van der Waals surface area contributed by atoms with E-state index in [2.05, 4.69) is 10.4 Å². The summed E-state index contributed by atoms with van der Waals surface area (Å²) in [5.41, 5.74) is -1.83. The van der Waals surface area contributed by atoms with Gasteiger partial charge in [-0.25, -0.2) is 18.4 Å². The molecule has 1 aliphatic carbocycles. The van der Waals surface area contributed by atoms with Gasteiger partial charge in [0, 0.05) is 29.6 Å². The highest BCUT2D eigenvalue weighted by Crippen LogP contribution is 2.35. The van der Waals surface area contributed by atoms with E-state index in [4.69, 9.17) is 14.7 Å². The summed E-state index contributed by atoms with van der Waals surface area (Å²) in [4.78, 5) is 42.9. The first kappa shape index (κ1) is 31.2. The van der Waals surface area contributed by atoms with Gasteiger partial charge < -0.3 is 14.8 Å². The number of aryl methyl sites for hydroxylation is 1. The Labute approximate surface area is 257 Å². The number of methoxy groups -OCH3 is 1. The molecule has 232 valence electrons. The zero-order valence-corrected chi connectivity index (χ0v) is 25.9. The average Bonchev–Trinajstić information content (AvgIpc) is 3.64. The monoisotopic (exact) mass is 622 g/mol. The smallest absolute Gasteiger partial charge is 0.333 e. The maximum atomic E-state index is 14.5. The number of nitriles is 1. The molecule has 0 saturated heterocycles. The van der Waals surface area contributed by atoms with Gasteiger partial charge in [-0.1, -0.05) is 18.3 Å². The number of rotatable bonds is 12. The van der Waals surface area contributed by atoms with Crippen LogP contribution in [0.2, 0.25) is 0 Å². The molecular weight excluding hydrogens is 587 g/mol. The second-order valence-electron chi connectivity index (χ2n) is 11.1. The van der Waals surface area contributed by atoms with Crippen LogP contribution in [0, 0.1) is 24.1 Å². The summed E-state index contributed by atoms with van der Waals surface area (Å²) in [7, 11) is 1.44. The number of nitrogens with one attached hydrogen (secondary N) is 1. The first-order chi connectivity index (χ1) is 21.1. The quantitative estimate of drug-likeness (QED) is 0.233. The second-order valence-corrected chi connectivity index (χ2v) is 12.1. The topological polar surface area (TPSA) is 133 Å². The molecule has 1 N–H and O–H groups in total. The van der Waals surface area contributed by atoms with Gasteiger partial charge in [0.2, 0.25) is 5.91 Å². The predicted molar refractivity (Wildman–Crippen MR) is 164 cm³/mol. The maximum Gasteiger partial charge on any atom is 0.333 e. The highest BCUT2D eigenvalue weighted by molar-refractivity contribution is 7.21. The summed E-state index contributed by atoms with van der Waals surface area (Å²) in [6.45, 7) is 5.01. The Morgan fingerprint density at radius 2 is 2.11 bits per heavy atom. The van der Waals surface area contributed by atoms with Gasteiger partial charge in [0.15, 0.2) is 0 Å². The van der Waals surface area contributed by atoms with E-state index < -0.39 is 34.6 Å². The van der Waals surface area contributed by atoms with E-state index in [1.807, 2.05) is 6.07 Å². The molecular formula is C31H35FN6O5S. The van der Waals surface area contributed by atoms with Gasteiger partial charge in [0.25, 0.3) is 5.56 Å². The van der Waals surface area contributed by atoms with Crippen LogP contribution >= 0.6 is 11.3 Å². The Hall–Kier alpha value is -4.28. The van der Waals surface area contributed by atoms with Gasteiger partial charge in [0.1, 0.15) is 33.0 Å². The Bertz CT molecular complexity index is 1830. The second kappa shape index (κ2) is 12.8. The van der Waals surface area contributed by atoms with Crippen molar-refractivity contribution in [2.45, 2.75) is 77.1 Å². The van der Waals surface area contributed by atoms with Crippen LogP contribution in [0.4, 0.5) is 4.39 Å². The molecule has 0 radical (unpaired) electrons. The highest BCUT2D eigenvalue weighted by atomic mass is 32.1. The van der Waals surface area contributed by atoms with Crippen molar-refractivity contribution in [3.05, 3.63) is 74.4 Å². The minimum absolute atomic E-state index is 0.00249. The van der Waals surface area contributed by atoms with Crippen molar-refractivity contribution < 1.29 is 18.7 Å². The van der Waals surface area contributed by atoms with Crippen LogP contribution in [0.5, 0.6) is 5.75 Å². The van der Waals surface area contributed by atoms with Crippen molar-refractivity contribution in [2.75, 3.05) is 13.7 Å². The lowest BCUT2D eigenvalue weighted by Gasteiger charge is -2.34. The molecule has 1 fully saturated rings. The SMILES string of the molecule is CC[C@@](C)(C(=O)NC1CCC1)n1c(=O)c2c(C)c(-n3cccn3)sc2n(C[C@H](OCCC#N)c2cc(F)ccc2OC)c1=O. The molecule has 1 aromatic carbocycles. The van der Waals surface area contributed by atoms with Gasteiger partial charge >= 0.3 is 5.69 Å². The predicted octanol–water partition coefficient (Wildman–Crippen LogP) is 4.33. The van der Waals surface area contributed by atoms with Crippen LogP contribution < -0.4 is 21.3 Å². The molecule has 3 heterocycles. The third-order valence-electron chi connectivity index (χ3n) is 8.43. The lowest BCUT2D eigenvalue weighted by atomic mass is 9.90. The first-order valence-corrected chi connectivity index (χ1v) is 15.4. The van der Waals surface area contributed by atoms with E-state index in [1.54, 1.807) is 43.9 Å². The molecule has 1 saturated carbocycles. The first-order valence-electron chi connectivity index (χ1n) is 14.6. The molecule has 0 spiro atoms. The standard InChI is InChI=1S/C31H35FN6O5S/c1-5-31(3,29(40)35-21-9-6-10-21)38-26(39)25-19(2)27(37-15-8-14-34-37)44-28(25)36(30(38)41)18-24(43-16-7-13-33)22-17-20(32)11-12-23(22)42-4/h8,11-12,14-15,17,21,24H,5-7,9-10,16,18H2,1-4H3,(H,35,40)/t24-,31-/m0/s1. The summed E-state index contributed by atoms with van der Waals surface area (Å²) in [6.07, 6.45) is 5.36. The lowest BCUT2D eigenvalue weighted by Crippen LogP contribution is -2.59. The largest absolute Gasteiger partial charge is 0.496 e. The molecule has 13 heteroatoms. The van der Waals surface area contributed by atoms with Crippen LogP contribution in [0.15, 0.2) is 46.2 Å². The molecule has 1 amide bonds. The van der Waals surface area contributed by atoms with Gasteiger partial charge in [-0.2, -0.15) is 10.4 Å². The van der Waals surface area contributed by atoms with Crippen molar-refractivity contribution in [2.24, 2.45) is 0 Å². The van der Waals surface area contributed by atoms with E-state index in [0.717, 1.165) is 23.8 Å². The zero-order valence-electron chi connectivity index (χ0n) is 25.1. The summed E-state index contributed by atoms with van der Waals surface area (Å²) < 4.78 is 30.2. The fourth-order valence-corrected chi connectivity index (χ4v) is 6.71. The number of amides is 1. The Kier molecular flexibility index (Phi) is 9.03. The van der Waals surface area contributed by atoms with E-state index in [1.165, 1.54) is 41.2 Å². The molecule has 44 heavy (non-hydrogen) atoms. The van der Waals surface area contributed by atoms with E-state index in [-0.39, 0.29) is 37.4 Å². The normalized spacial score (nSPS) is 15.4. The number of carbonyl (C=O) groups is 1.